The Morgan fingerprint density at radius 3 is 2.71 bits per heavy atom. The topological polar surface area (TPSA) is 38.0 Å². The number of benzene rings is 1. The molecular formula is C11H17FN2. The summed E-state index contributed by atoms with van der Waals surface area (Å²) < 4.78 is 13.3. The Morgan fingerprint density at radius 2 is 2.14 bits per heavy atom. The third-order valence-electron chi connectivity index (χ3n) is 2.30. The molecule has 1 aromatic carbocycles. The fourth-order valence-corrected chi connectivity index (χ4v) is 1.52. The zero-order valence-corrected chi connectivity index (χ0v) is 8.46. The summed E-state index contributed by atoms with van der Waals surface area (Å²) in [5.41, 5.74) is 3.44. The summed E-state index contributed by atoms with van der Waals surface area (Å²) in [5, 5.41) is 0. The van der Waals surface area contributed by atoms with Gasteiger partial charge in [-0.3, -0.25) is 11.3 Å². The van der Waals surface area contributed by atoms with Crippen molar-refractivity contribution in [2.24, 2.45) is 5.84 Å². The van der Waals surface area contributed by atoms with Crippen molar-refractivity contribution in [3.63, 3.8) is 0 Å². The van der Waals surface area contributed by atoms with Gasteiger partial charge in [-0.1, -0.05) is 31.5 Å². The molecule has 0 fully saturated rings. The van der Waals surface area contributed by atoms with Gasteiger partial charge in [0.25, 0.3) is 0 Å². The fourth-order valence-electron chi connectivity index (χ4n) is 1.52. The second kappa shape index (κ2) is 5.73. The Balaban J connectivity index is 2.62. The van der Waals surface area contributed by atoms with Gasteiger partial charge in [0.1, 0.15) is 5.82 Å². The highest BCUT2D eigenvalue weighted by molar-refractivity contribution is 5.18. The first-order chi connectivity index (χ1) is 6.77. The summed E-state index contributed by atoms with van der Waals surface area (Å²) in [6.07, 6.45) is 2.66. The van der Waals surface area contributed by atoms with E-state index in [0.29, 0.717) is 6.42 Å². The van der Waals surface area contributed by atoms with Crippen LogP contribution in [0.15, 0.2) is 24.3 Å². The maximum absolute atomic E-state index is 13.3. The van der Waals surface area contributed by atoms with Crippen LogP contribution in [-0.4, -0.2) is 6.04 Å². The predicted octanol–water partition coefficient (Wildman–Crippen LogP) is 2.00. The van der Waals surface area contributed by atoms with Crippen molar-refractivity contribution < 1.29 is 4.39 Å². The average Bonchev–Trinajstić information content (AvgIpc) is 2.20. The lowest BCUT2D eigenvalue weighted by atomic mass is 10.0. The molecule has 0 heterocycles. The van der Waals surface area contributed by atoms with Crippen LogP contribution in [0, 0.1) is 5.82 Å². The van der Waals surface area contributed by atoms with Crippen LogP contribution in [0.1, 0.15) is 25.3 Å². The highest BCUT2D eigenvalue weighted by Gasteiger charge is 2.08. The Bertz CT molecular complexity index is 276. The van der Waals surface area contributed by atoms with E-state index in [1.807, 2.05) is 6.07 Å². The highest BCUT2D eigenvalue weighted by atomic mass is 19.1. The normalized spacial score (nSPS) is 12.8. The van der Waals surface area contributed by atoms with E-state index in [4.69, 9.17) is 5.84 Å². The minimum absolute atomic E-state index is 0.149. The number of hydrogen-bond donors (Lipinski definition) is 2. The monoisotopic (exact) mass is 196 g/mol. The Hall–Kier alpha value is -0.930. The standard InChI is InChI=1S/C11H17FN2/c1-2-5-10(14-13)8-9-6-3-4-7-11(9)12/h3-4,6-7,10,14H,2,5,8,13H2,1H3. The molecule has 0 aromatic heterocycles. The molecule has 1 atom stereocenters. The Morgan fingerprint density at radius 1 is 1.43 bits per heavy atom. The van der Waals surface area contributed by atoms with Crippen LogP contribution in [-0.2, 0) is 6.42 Å². The van der Waals surface area contributed by atoms with E-state index in [1.165, 1.54) is 6.07 Å². The molecule has 0 saturated carbocycles. The van der Waals surface area contributed by atoms with Crippen LogP contribution in [0.25, 0.3) is 0 Å². The molecule has 3 heteroatoms. The van der Waals surface area contributed by atoms with Crippen LogP contribution < -0.4 is 11.3 Å². The number of halogens is 1. The lowest BCUT2D eigenvalue weighted by molar-refractivity contribution is 0.475. The molecule has 0 aliphatic rings. The Kier molecular flexibility index (Phi) is 4.56. The quantitative estimate of drug-likeness (QED) is 0.558. The minimum atomic E-state index is -0.149. The maximum atomic E-state index is 13.3. The molecule has 0 bridgehead atoms. The van der Waals surface area contributed by atoms with Crippen LogP contribution in [0.3, 0.4) is 0 Å². The number of nitrogens with one attached hydrogen (secondary N) is 1. The molecule has 0 aliphatic carbocycles. The summed E-state index contributed by atoms with van der Waals surface area (Å²) in [5.74, 6) is 5.24. The molecule has 78 valence electrons. The predicted molar refractivity (Wildman–Crippen MR) is 56.1 cm³/mol. The van der Waals surface area contributed by atoms with Gasteiger partial charge in [-0.15, -0.1) is 0 Å². The molecule has 2 nitrogen and oxygen atoms in total. The summed E-state index contributed by atoms with van der Waals surface area (Å²) >= 11 is 0. The molecule has 1 unspecified atom stereocenters. The lowest BCUT2D eigenvalue weighted by Crippen LogP contribution is -2.36. The third kappa shape index (κ3) is 3.09. The number of hydrazine groups is 1. The van der Waals surface area contributed by atoms with Crippen molar-refractivity contribution in [2.75, 3.05) is 0 Å². The molecule has 1 rings (SSSR count). The van der Waals surface area contributed by atoms with E-state index in [1.54, 1.807) is 12.1 Å². The van der Waals surface area contributed by atoms with Crippen LogP contribution in [0.2, 0.25) is 0 Å². The van der Waals surface area contributed by atoms with Gasteiger partial charge >= 0.3 is 0 Å². The second-order valence-electron chi connectivity index (χ2n) is 3.45. The van der Waals surface area contributed by atoms with E-state index in [-0.39, 0.29) is 11.9 Å². The first-order valence-electron chi connectivity index (χ1n) is 4.97. The van der Waals surface area contributed by atoms with E-state index in [9.17, 15) is 4.39 Å². The Labute approximate surface area is 84.3 Å². The SMILES string of the molecule is CCCC(Cc1ccccc1F)NN. The summed E-state index contributed by atoms with van der Waals surface area (Å²) in [7, 11) is 0. The summed E-state index contributed by atoms with van der Waals surface area (Å²) in [6, 6.07) is 6.99. The van der Waals surface area contributed by atoms with Gasteiger partial charge in [0.15, 0.2) is 0 Å². The van der Waals surface area contributed by atoms with Gasteiger partial charge < -0.3 is 0 Å². The van der Waals surface area contributed by atoms with Crippen LogP contribution in [0.5, 0.6) is 0 Å². The van der Waals surface area contributed by atoms with E-state index in [0.717, 1.165) is 18.4 Å². The molecule has 0 aliphatic heterocycles. The summed E-state index contributed by atoms with van der Waals surface area (Å²) in [4.78, 5) is 0. The smallest absolute Gasteiger partial charge is 0.126 e. The first-order valence-corrected chi connectivity index (χ1v) is 4.97. The van der Waals surface area contributed by atoms with Crippen molar-refractivity contribution >= 4 is 0 Å². The zero-order valence-electron chi connectivity index (χ0n) is 8.46. The van der Waals surface area contributed by atoms with Crippen molar-refractivity contribution in [2.45, 2.75) is 32.2 Å². The van der Waals surface area contributed by atoms with Crippen molar-refractivity contribution in [1.82, 2.24) is 5.43 Å². The molecule has 1 aromatic rings. The number of rotatable bonds is 5. The van der Waals surface area contributed by atoms with E-state index < -0.39 is 0 Å². The van der Waals surface area contributed by atoms with Gasteiger partial charge in [0.05, 0.1) is 0 Å². The molecule has 0 spiro atoms. The number of hydrogen-bond acceptors (Lipinski definition) is 2. The first kappa shape index (κ1) is 11.1. The van der Waals surface area contributed by atoms with Crippen molar-refractivity contribution in [3.8, 4) is 0 Å². The molecule has 14 heavy (non-hydrogen) atoms. The zero-order chi connectivity index (χ0) is 10.4. The maximum Gasteiger partial charge on any atom is 0.126 e. The molecule has 3 N–H and O–H groups in total. The molecular weight excluding hydrogens is 179 g/mol. The van der Waals surface area contributed by atoms with Crippen LogP contribution >= 0.6 is 0 Å². The van der Waals surface area contributed by atoms with Crippen molar-refractivity contribution in [3.05, 3.63) is 35.6 Å². The van der Waals surface area contributed by atoms with Gasteiger partial charge in [-0.2, -0.15) is 0 Å². The van der Waals surface area contributed by atoms with Gasteiger partial charge in [0, 0.05) is 6.04 Å². The largest absolute Gasteiger partial charge is 0.271 e. The molecule has 0 saturated heterocycles. The third-order valence-corrected chi connectivity index (χ3v) is 2.30. The van der Waals surface area contributed by atoms with Gasteiger partial charge in [-0.25, -0.2) is 4.39 Å². The molecule has 0 amide bonds. The second-order valence-corrected chi connectivity index (χ2v) is 3.45. The molecule has 0 radical (unpaired) electrons. The van der Waals surface area contributed by atoms with E-state index in [2.05, 4.69) is 12.3 Å². The van der Waals surface area contributed by atoms with E-state index >= 15 is 0 Å². The fraction of sp³-hybridized carbons (Fsp3) is 0.455. The lowest BCUT2D eigenvalue weighted by Gasteiger charge is -2.14. The average molecular weight is 196 g/mol. The van der Waals surface area contributed by atoms with Crippen molar-refractivity contribution in [1.29, 1.82) is 0 Å². The number of nitrogens with two attached hydrogens (primary N) is 1. The summed E-state index contributed by atoms with van der Waals surface area (Å²) in [6.45, 7) is 2.09. The minimum Gasteiger partial charge on any atom is -0.271 e. The highest BCUT2D eigenvalue weighted by Crippen LogP contribution is 2.11. The van der Waals surface area contributed by atoms with Gasteiger partial charge in [-0.05, 0) is 24.5 Å². The van der Waals surface area contributed by atoms with Crippen LogP contribution in [0.4, 0.5) is 4.39 Å². The van der Waals surface area contributed by atoms with Gasteiger partial charge in [0.2, 0.25) is 0 Å².